The molecule has 1 N–H and O–H groups in total. The fourth-order valence-corrected chi connectivity index (χ4v) is 4.04. The van der Waals surface area contributed by atoms with E-state index in [2.05, 4.69) is 26.5 Å². The quantitative estimate of drug-likeness (QED) is 0.249. The third kappa shape index (κ3) is 6.90. The largest absolute Gasteiger partial charge is 0.497 e. The summed E-state index contributed by atoms with van der Waals surface area (Å²) in [6.45, 7) is 7.29. The molecule has 2 aromatic carbocycles. The Labute approximate surface area is 221 Å². The van der Waals surface area contributed by atoms with Gasteiger partial charge in [-0.3, -0.25) is 14.4 Å². The van der Waals surface area contributed by atoms with E-state index in [1.807, 2.05) is 49.4 Å². The van der Waals surface area contributed by atoms with Crippen LogP contribution >= 0.6 is 0 Å². The van der Waals surface area contributed by atoms with E-state index in [0.29, 0.717) is 30.6 Å². The van der Waals surface area contributed by atoms with Gasteiger partial charge in [-0.05, 0) is 67.9 Å². The van der Waals surface area contributed by atoms with Gasteiger partial charge in [0, 0.05) is 24.8 Å². The van der Waals surface area contributed by atoms with Crippen molar-refractivity contribution in [1.82, 2.24) is 20.0 Å². The van der Waals surface area contributed by atoms with E-state index in [1.54, 1.807) is 14.2 Å². The molecule has 0 saturated carbocycles. The molecule has 0 aliphatic rings. The molecule has 0 radical (unpaired) electrons. The van der Waals surface area contributed by atoms with Crippen molar-refractivity contribution in [3.63, 3.8) is 0 Å². The molecule has 0 amide bonds. The van der Waals surface area contributed by atoms with Crippen molar-refractivity contribution >= 4 is 0 Å². The van der Waals surface area contributed by atoms with Gasteiger partial charge in [-0.15, -0.1) is 0 Å². The lowest BCUT2D eigenvalue weighted by molar-refractivity contribution is 0.137. The lowest BCUT2D eigenvalue weighted by atomic mass is 10.1. The maximum absolute atomic E-state index is 11.3. The predicted octanol–water partition coefficient (Wildman–Crippen LogP) is 4.83. The highest BCUT2D eigenvalue weighted by Gasteiger charge is 2.19. The highest BCUT2D eigenvalue weighted by Crippen LogP contribution is 2.28. The van der Waals surface area contributed by atoms with Gasteiger partial charge in [0.05, 0.1) is 20.3 Å². The fraction of sp³-hybridized carbons (Fsp3) is 0.393. The first-order valence-electron chi connectivity index (χ1n) is 12.6. The van der Waals surface area contributed by atoms with Crippen LogP contribution < -0.4 is 15.2 Å². The smallest absolute Gasteiger partial charge is 0.439 e. The van der Waals surface area contributed by atoms with E-state index in [9.17, 15) is 4.79 Å². The van der Waals surface area contributed by atoms with Crippen molar-refractivity contribution in [3.8, 4) is 34.3 Å². The maximum Gasteiger partial charge on any atom is 0.439 e. The molecule has 0 fully saturated rings. The zero-order valence-electron chi connectivity index (χ0n) is 22.3. The second-order valence-corrected chi connectivity index (χ2v) is 8.95. The molecule has 2 aromatic heterocycles. The third-order valence-electron chi connectivity index (χ3n) is 6.19. The number of unbranched alkanes of at least 4 members (excludes halogenated alkanes) is 1. The van der Waals surface area contributed by atoms with Crippen LogP contribution in [0.1, 0.15) is 36.8 Å². The van der Waals surface area contributed by atoms with E-state index < -0.39 is 5.76 Å². The standard InChI is InChI=1S/C28H34N4O6/c1-5-6-13-32(14-15-34-3)17-25-24(29-27(37-25)20-7-9-21(35-4)10-8-20)18-36-22-11-12-23(19(2)16-22)26-30-28(33)38-31-26/h7-12,16H,5-6,13-15,17-18H2,1-4H3,(H,30,31,33). The number of hydrogen-bond acceptors (Lipinski definition) is 9. The van der Waals surface area contributed by atoms with Gasteiger partial charge in [0.15, 0.2) is 5.82 Å². The molecular formula is C28H34N4O6. The van der Waals surface area contributed by atoms with Crippen LogP contribution in [0.3, 0.4) is 0 Å². The van der Waals surface area contributed by atoms with Gasteiger partial charge in [-0.25, -0.2) is 9.78 Å². The van der Waals surface area contributed by atoms with Crippen molar-refractivity contribution in [1.29, 1.82) is 0 Å². The van der Waals surface area contributed by atoms with E-state index in [-0.39, 0.29) is 6.61 Å². The van der Waals surface area contributed by atoms with E-state index in [0.717, 1.165) is 59.8 Å². The minimum atomic E-state index is -0.593. The molecular weight excluding hydrogens is 488 g/mol. The average Bonchev–Trinajstić information content (AvgIpc) is 3.55. The summed E-state index contributed by atoms with van der Waals surface area (Å²) in [6.07, 6.45) is 2.18. The van der Waals surface area contributed by atoms with Crippen molar-refractivity contribution in [2.24, 2.45) is 0 Å². The molecule has 0 aliphatic heterocycles. The molecule has 0 aliphatic carbocycles. The van der Waals surface area contributed by atoms with Crippen molar-refractivity contribution in [3.05, 3.63) is 70.0 Å². The van der Waals surface area contributed by atoms with Crippen LogP contribution in [-0.4, -0.2) is 53.9 Å². The molecule has 202 valence electrons. The zero-order valence-corrected chi connectivity index (χ0v) is 22.3. The Morgan fingerprint density at radius 1 is 1.05 bits per heavy atom. The first kappa shape index (κ1) is 27.2. The van der Waals surface area contributed by atoms with Crippen LogP contribution in [0.4, 0.5) is 0 Å². The number of ether oxygens (including phenoxy) is 3. The van der Waals surface area contributed by atoms with Crippen LogP contribution in [0.25, 0.3) is 22.8 Å². The third-order valence-corrected chi connectivity index (χ3v) is 6.19. The first-order chi connectivity index (χ1) is 18.5. The Kier molecular flexibility index (Phi) is 9.34. The monoisotopic (exact) mass is 522 g/mol. The number of benzene rings is 2. The van der Waals surface area contributed by atoms with Gasteiger partial charge in [0.2, 0.25) is 5.89 Å². The predicted molar refractivity (Wildman–Crippen MR) is 142 cm³/mol. The van der Waals surface area contributed by atoms with Crippen molar-refractivity contribution in [2.45, 2.75) is 39.8 Å². The number of hydrogen-bond donors (Lipinski definition) is 1. The number of aryl methyl sites for hydroxylation is 1. The summed E-state index contributed by atoms with van der Waals surface area (Å²) in [7, 11) is 3.35. The minimum Gasteiger partial charge on any atom is -0.497 e. The summed E-state index contributed by atoms with van der Waals surface area (Å²) in [5.41, 5.74) is 3.24. The van der Waals surface area contributed by atoms with Gasteiger partial charge in [-0.1, -0.05) is 18.5 Å². The number of nitrogens with one attached hydrogen (secondary N) is 1. The van der Waals surface area contributed by atoms with Crippen LogP contribution in [-0.2, 0) is 17.9 Å². The molecule has 38 heavy (non-hydrogen) atoms. The number of nitrogens with zero attached hydrogens (tertiary/aromatic N) is 3. The zero-order chi connectivity index (χ0) is 26.9. The topological polar surface area (TPSA) is 116 Å². The highest BCUT2D eigenvalue weighted by atomic mass is 16.5. The van der Waals surface area contributed by atoms with Gasteiger partial charge in [0.25, 0.3) is 0 Å². The Bertz CT molecular complexity index is 1350. The van der Waals surface area contributed by atoms with Crippen LogP contribution in [0.5, 0.6) is 11.5 Å². The normalized spacial score (nSPS) is 11.3. The Balaban J connectivity index is 1.56. The van der Waals surface area contributed by atoms with E-state index in [1.165, 1.54) is 0 Å². The first-order valence-corrected chi connectivity index (χ1v) is 12.6. The number of oxazole rings is 1. The van der Waals surface area contributed by atoms with Gasteiger partial charge < -0.3 is 18.6 Å². The molecule has 0 spiro atoms. The fourth-order valence-electron chi connectivity index (χ4n) is 4.04. The molecule has 10 heteroatoms. The second kappa shape index (κ2) is 13.1. The summed E-state index contributed by atoms with van der Waals surface area (Å²) in [6, 6.07) is 13.2. The van der Waals surface area contributed by atoms with Crippen LogP contribution in [0, 0.1) is 6.92 Å². The van der Waals surface area contributed by atoms with Crippen LogP contribution in [0.15, 0.2) is 56.2 Å². The number of rotatable bonds is 14. The van der Waals surface area contributed by atoms with Crippen molar-refractivity contribution in [2.75, 3.05) is 33.9 Å². The molecule has 2 heterocycles. The lowest BCUT2D eigenvalue weighted by Crippen LogP contribution is -2.28. The molecule has 0 saturated heterocycles. The molecule has 0 bridgehead atoms. The Hall–Kier alpha value is -3.89. The second-order valence-electron chi connectivity index (χ2n) is 8.95. The maximum atomic E-state index is 11.3. The summed E-state index contributed by atoms with van der Waals surface area (Å²) in [5, 5.41) is 3.77. The SMILES string of the molecule is CCCCN(CCOC)Cc1oc(-c2ccc(OC)cc2)nc1COc1ccc(-c2noc(=O)[nH]2)c(C)c1. The van der Waals surface area contributed by atoms with E-state index in [4.69, 9.17) is 23.6 Å². The lowest BCUT2D eigenvalue weighted by Gasteiger charge is -2.20. The van der Waals surface area contributed by atoms with Gasteiger partial charge in [-0.2, -0.15) is 0 Å². The van der Waals surface area contributed by atoms with Gasteiger partial charge >= 0.3 is 5.76 Å². The van der Waals surface area contributed by atoms with Crippen molar-refractivity contribution < 1.29 is 23.2 Å². The van der Waals surface area contributed by atoms with Gasteiger partial charge in [0.1, 0.15) is 29.6 Å². The summed E-state index contributed by atoms with van der Waals surface area (Å²) < 4.78 is 27.7. The Morgan fingerprint density at radius 3 is 2.50 bits per heavy atom. The number of methoxy groups -OCH3 is 2. The molecule has 10 nitrogen and oxygen atoms in total. The summed E-state index contributed by atoms with van der Waals surface area (Å²) in [4.78, 5) is 21.0. The number of H-pyrrole nitrogens is 1. The minimum absolute atomic E-state index is 0.237. The summed E-state index contributed by atoms with van der Waals surface area (Å²) in [5.74, 6) is 2.51. The molecule has 0 unspecified atom stereocenters. The Morgan fingerprint density at radius 2 is 1.84 bits per heavy atom. The van der Waals surface area contributed by atoms with Crippen LogP contribution in [0.2, 0.25) is 0 Å². The molecule has 4 rings (SSSR count). The number of aromatic amines is 1. The highest BCUT2D eigenvalue weighted by molar-refractivity contribution is 5.60. The van der Waals surface area contributed by atoms with E-state index >= 15 is 0 Å². The number of aromatic nitrogens is 3. The molecule has 4 aromatic rings. The summed E-state index contributed by atoms with van der Waals surface area (Å²) >= 11 is 0. The molecule has 0 atom stereocenters. The average molecular weight is 523 g/mol.